The number of hydrogen-bond donors (Lipinski definition) is 1. The molecule has 28 heavy (non-hydrogen) atoms. The van der Waals surface area contributed by atoms with Crippen molar-refractivity contribution in [1.82, 2.24) is 14.7 Å². The van der Waals surface area contributed by atoms with Gasteiger partial charge in [0.25, 0.3) is 0 Å². The Labute approximate surface area is 168 Å². The summed E-state index contributed by atoms with van der Waals surface area (Å²) in [4.78, 5) is 19.0. The van der Waals surface area contributed by atoms with Crippen LogP contribution in [-0.4, -0.2) is 41.7 Å². The van der Waals surface area contributed by atoms with Crippen molar-refractivity contribution < 1.29 is 9.53 Å². The van der Waals surface area contributed by atoms with E-state index in [9.17, 15) is 4.79 Å². The molecular formula is C22H34N4O2. The highest BCUT2D eigenvalue weighted by Crippen LogP contribution is 2.31. The quantitative estimate of drug-likeness (QED) is 0.858. The van der Waals surface area contributed by atoms with E-state index in [2.05, 4.69) is 36.7 Å². The summed E-state index contributed by atoms with van der Waals surface area (Å²) in [7, 11) is 1.79. The SMILES string of the molecule is CC(C)NC(=O)N(C)c1ccn2c(CC3CCOCC3)c(C(C)(C)C)nc2c1. The van der Waals surface area contributed by atoms with Gasteiger partial charge in [-0.25, -0.2) is 9.78 Å². The topological polar surface area (TPSA) is 58.9 Å². The molecule has 0 radical (unpaired) electrons. The van der Waals surface area contributed by atoms with Gasteiger partial charge in [-0.2, -0.15) is 0 Å². The third-order valence-electron chi connectivity index (χ3n) is 5.35. The Morgan fingerprint density at radius 2 is 2.04 bits per heavy atom. The third kappa shape index (κ3) is 4.49. The molecule has 2 amide bonds. The lowest BCUT2D eigenvalue weighted by Gasteiger charge is -2.24. The summed E-state index contributed by atoms with van der Waals surface area (Å²) >= 11 is 0. The molecule has 1 aliphatic rings. The molecule has 154 valence electrons. The van der Waals surface area contributed by atoms with Crippen LogP contribution in [0.15, 0.2) is 18.3 Å². The number of rotatable bonds is 4. The maximum Gasteiger partial charge on any atom is 0.321 e. The summed E-state index contributed by atoms with van der Waals surface area (Å²) in [6.07, 6.45) is 5.28. The molecule has 2 aromatic rings. The maximum absolute atomic E-state index is 12.4. The molecule has 0 spiro atoms. The van der Waals surface area contributed by atoms with Crippen LogP contribution >= 0.6 is 0 Å². The first kappa shape index (κ1) is 20.6. The highest BCUT2D eigenvalue weighted by molar-refractivity contribution is 5.92. The van der Waals surface area contributed by atoms with E-state index in [1.165, 1.54) is 5.69 Å². The van der Waals surface area contributed by atoms with Crippen LogP contribution < -0.4 is 10.2 Å². The normalized spacial score (nSPS) is 16.0. The number of fused-ring (bicyclic) bond motifs is 1. The van der Waals surface area contributed by atoms with Gasteiger partial charge in [-0.1, -0.05) is 20.8 Å². The van der Waals surface area contributed by atoms with Crippen LogP contribution in [0.5, 0.6) is 0 Å². The lowest BCUT2D eigenvalue weighted by Crippen LogP contribution is -2.40. The Morgan fingerprint density at radius 3 is 2.64 bits per heavy atom. The largest absolute Gasteiger partial charge is 0.381 e. The summed E-state index contributed by atoms with van der Waals surface area (Å²) in [6.45, 7) is 12.3. The summed E-state index contributed by atoms with van der Waals surface area (Å²) in [6, 6.07) is 3.99. The first-order valence-electron chi connectivity index (χ1n) is 10.3. The van der Waals surface area contributed by atoms with E-state index in [0.717, 1.165) is 49.5 Å². The van der Waals surface area contributed by atoms with Crippen molar-refractivity contribution in [2.45, 2.75) is 65.3 Å². The lowest BCUT2D eigenvalue weighted by atomic mass is 9.86. The molecule has 0 bridgehead atoms. The molecule has 1 N–H and O–H groups in total. The number of pyridine rings is 1. The van der Waals surface area contributed by atoms with E-state index in [0.29, 0.717) is 5.92 Å². The van der Waals surface area contributed by atoms with Gasteiger partial charge in [0.15, 0.2) is 0 Å². The van der Waals surface area contributed by atoms with Gasteiger partial charge in [-0.3, -0.25) is 4.90 Å². The van der Waals surface area contributed by atoms with Gasteiger partial charge in [-0.05, 0) is 45.1 Å². The standard InChI is InChI=1S/C22H34N4O2/c1-15(2)23-21(27)25(6)17-7-10-26-18(13-16-8-11-28-12-9-16)20(22(3,4)5)24-19(26)14-17/h7,10,14-16H,8-9,11-13H2,1-6H3,(H,23,27). The fraction of sp³-hybridized carbons (Fsp3) is 0.636. The van der Waals surface area contributed by atoms with Crippen molar-refractivity contribution in [3.63, 3.8) is 0 Å². The zero-order chi connectivity index (χ0) is 20.5. The number of imidazole rings is 1. The van der Waals surface area contributed by atoms with Crippen molar-refractivity contribution in [1.29, 1.82) is 0 Å². The molecule has 0 aromatic carbocycles. The second-order valence-corrected chi connectivity index (χ2v) is 9.19. The molecule has 0 atom stereocenters. The van der Waals surface area contributed by atoms with E-state index in [4.69, 9.17) is 9.72 Å². The highest BCUT2D eigenvalue weighted by Gasteiger charge is 2.27. The van der Waals surface area contributed by atoms with Crippen molar-refractivity contribution in [2.75, 3.05) is 25.2 Å². The van der Waals surface area contributed by atoms with Crippen molar-refractivity contribution in [3.05, 3.63) is 29.7 Å². The van der Waals surface area contributed by atoms with Gasteiger partial charge >= 0.3 is 6.03 Å². The van der Waals surface area contributed by atoms with Gasteiger partial charge < -0.3 is 14.5 Å². The number of hydrogen-bond acceptors (Lipinski definition) is 3. The second-order valence-electron chi connectivity index (χ2n) is 9.19. The minimum atomic E-state index is -0.107. The number of ether oxygens (including phenoxy) is 1. The molecule has 0 saturated carbocycles. The molecule has 0 aliphatic carbocycles. The highest BCUT2D eigenvalue weighted by atomic mass is 16.5. The zero-order valence-electron chi connectivity index (χ0n) is 18.1. The molecule has 1 saturated heterocycles. The predicted molar refractivity (Wildman–Crippen MR) is 113 cm³/mol. The van der Waals surface area contributed by atoms with Crippen LogP contribution in [0.1, 0.15) is 58.8 Å². The van der Waals surface area contributed by atoms with Crippen LogP contribution in [0.4, 0.5) is 10.5 Å². The average molecular weight is 387 g/mol. The van der Waals surface area contributed by atoms with Crippen LogP contribution in [0, 0.1) is 5.92 Å². The van der Waals surface area contributed by atoms with E-state index < -0.39 is 0 Å². The van der Waals surface area contributed by atoms with E-state index >= 15 is 0 Å². The van der Waals surface area contributed by atoms with E-state index in [1.54, 1.807) is 11.9 Å². The van der Waals surface area contributed by atoms with E-state index in [1.807, 2.05) is 26.0 Å². The summed E-state index contributed by atoms with van der Waals surface area (Å²) < 4.78 is 7.73. The second kappa shape index (κ2) is 8.11. The monoisotopic (exact) mass is 386 g/mol. The molecule has 3 heterocycles. The first-order chi connectivity index (χ1) is 13.2. The number of carbonyl (C=O) groups excluding carboxylic acids is 1. The fourth-order valence-electron chi connectivity index (χ4n) is 3.77. The molecule has 6 heteroatoms. The van der Waals surface area contributed by atoms with Gasteiger partial charge in [0.1, 0.15) is 5.65 Å². The van der Waals surface area contributed by atoms with Gasteiger partial charge in [0.2, 0.25) is 0 Å². The molecule has 1 aliphatic heterocycles. The zero-order valence-corrected chi connectivity index (χ0v) is 18.1. The minimum Gasteiger partial charge on any atom is -0.381 e. The van der Waals surface area contributed by atoms with E-state index in [-0.39, 0.29) is 17.5 Å². The molecule has 2 aromatic heterocycles. The summed E-state index contributed by atoms with van der Waals surface area (Å²) in [5.74, 6) is 0.633. The average Bonchev–Trinajstić information content (AvgIpc) is 2.99. The number of carbonyl (C=O) groups is 1. The number of nitrogens with zero attached hydrogens (tertiary/aromatic N) is 3. The lowest BCUT2D eigenvalue weighted by molar-refractivity contribution is 0.0661. The predicted octanol–water partition coefficient (Wildman–Crippen LogP) is 4.16. The van der Waals surface area contributed by atoms with Gasteiger partial charge in [0.05, 0.1) is 11.4 Å². The summed E-state index contributed by atoms with van der Waals surface area (Å²) in [5, 5.41) is 2.93. The molecule has 3 rings (SSSR count). The molecule has 0 unspecified atom stereocenters. The Hall–Kier alpha value is -2.08. The van der Waals surface area contributed by atoms with Crippen molar-refractivity contribution in [2.24, 2.45) is 5.92 Å². The Kier molecular flexibility index (Phi) is 5.98. The molecular weight excluding hydrogens is 352 g/mol. The Balaban J connectivity index is 1.96. The van der Waals surface area contributed by atoms with Crippen molar-refractivity contribution in [3.8, 4) is 0 Å². The fourth-order valence-corrected chi connectivity index (χ4v) is 3.77. The van der Waals surface area contributed by atoms with Crippen LogP contribution in [0.3, 0.4) is 0 Å². The van der Waals surface area contributed by atoms with Crippen molar-refractivity contribution >= 4 is 17.4 Å². The van der Waals surface area contributed by atoms with Gasteiger partial charge in [0, 0.05) is 49.7 Å². The maximum atomic E-state index is 12.4. The Bertz CT molecular complexity index is 829. The number of anilines is 1. The molecule has 1 fully saturated rings. The number of nitrogens with one attached hydrogen (secondary N) is 1. The number of urea groups is 1. The third-order valence-corrected chi connectivity index (χ3v) is 5.35. The number of amides is 2. The first-order valence-corrected chi connectivity index (χ1v) is 10.3. The van der Waals surface area contributed by atoms with Crippen LogP contribution in [0.2, 0.25) is 0 Å². The summed E-state index contributed by atoms with van der Waals surface area (Å²) in [5.41, 5.74) is 4.14. The smallest absolute Gasteiger partial charge is 0.321 e. The number of aromatic nitrogens is 2. The van der Waals surface area contributed by atoms with Gasteiger partial charge in [-0.15, -0.1) is 0 Å². The minimum absolute atomic E-state index is 0.0341. The molecule has 6 nitrogen and oxygen atoms in total. The van der Waals surface area contributed by atoms with Crippen LogP contribution in [0.25, 0.3) is 5.65 Å². The Morgan fingerprint density at radius 1 is 1.36 bits per heavy atom. The van der Waals surface area contributed by atoms with Crippen LogP contribution in [-0.2, 0) is 16.6 Å².